The lowest BCUT2D eigenvalue weighted by atomic mass is 9.59. The van der Waals surface area contributed by atoms with Crippen molar-refractivity contribution in [2.24, 2.45) is 5.41 Å². The molecule has 1 nitrogen and oxygen atoms in total. The fraction of sp³-hybridized carbons (Fsp3) is 0.500. The molecule has 3 aliphatic carbocycles. The average Bonchev–Trinajstić information content (AvgIpc) is 3.12. The normalized spacial score (nSPS) is 27.4. The maximum atomic E-state index is 9.09. The largest absolute Gasteiger partial charge is 0.193 e. The molecule has 0 saturated heterocycles. The van der Waals surface area contributed by atoms with Gasteiger partial charge in [0.05, 0.1) is 6.07 Å². The summed E-state index contributed by atoms with van der Waals surface area (Å²) in [4.78, 5) is 0. The third kappa shape index (κ3) is 1.35. The van der Waals surface area contributed by atoms with Gasteiger partial charge in [0.25, 0.3) is 0 Å². The summed E-state index contributed by atoms with van der Waals surface area (Å²) in [5, 5.41) is 9.09. The number of nitriles is 1. The first-order chi connectivity index (χ1) is 9.31. The van der Waals surface area contributed by atoms with Crippen molar-refractivity contribution in [3.05, 3.63) is 41.5 Å². The first-order valence-corrected chi connectivity index (χ1v) is 7.50. The van der Waals surface area contributed by atoms with Gasteiger partial charge in [0.2, 0.25) is 0 Å². The molecule has 2 fully saturated rings. The van der Waals surface area contributed by atoms with E-state index >= 15 is 0 Å². The number of nitrogens with zero attached hydrogens (tertiary/aromatic N) is 1. The van der Waals surface area contributed by atoms with Crippen LogP contribution in [0, 0.1) is 16.7 Å². The van der Waals surface area contributed by atoms with Crippen LogP contribution in [0.3, 0.4) is 0 Å². The summed E-state index contributed by atoms with van der Waals surface area (Å²) in [5.41, 5.74) is 5.14. The summed E-state index contributed by atoms with van der Waals surface area (Å²) in [6.45, 7) is 0. The van der Waals surface area contributed by atoms with Gasteiger partial charge in [-0.05, 0) is 54.2 Å². The average molecular weight is 249 g/mol. The van der Waals surface area contributed by atoms with Gasteiger partial charge in [-0.1, -0.05) is 37.1 Å². The van der Waals surface area contributed by atoms with Crippen molar-refractivity contribution < 1.29 is 0 Å². The number of hydrogen-bond donors (Lipinski definition) is 0. The van der Waals surface area contributed by atoms with Crippen LogP contribution in [0.25, 0.3) is 5.57 Å². The highest BCUT2D eigenvalue weighted by molar-refractivity contribution is 5.75. The van der Waals surface area contributed by atoms with Crippen LogP contribution in [-0.4, -0.2) is 0 Å². The van der Waals surface area contributed by atoms with E-state index in [0.29, 0.717) is 10.8 Å². The molecular formula is C18H19N. The lowest BCUT2D eigenvalue weighted by molar-refractivity contribution is 0.208. The number of hydrogen-bond acceptors (Lipinski definition) is 1. The van der Waals surface area contributed by atoms with E-state index in [-0.39, 0.29) is 0 Å². The molecule has 1 aromatic carbocycles. The minimum atomic E-state index is 0.465. The predicted molar refractivity (Wildman–Crippen MR) is 76.5 cm³/mol. The summed E-state index contributed by atoms with van der Waals surface area (Å²) in [5.74, 6) is 0. The molecule has 0 bridgehead atoms. The smallest absolute Gasteiger partial charge is 0.0915 e. The fourth-order valence-corrected chi connectivity index (χ4v) is 4.93. The molecule has 0 heterocycles. The van der Waals surface area contributed by atoms with Crippen molar-refractivity contribution in [1.82, 2.24) is 0 Å². The van der Waals surface area contributed by atoms with E-state index in [4.69, 9.17) is 5.26 Å². The van der Waals surface area contributed by atoms with Crippen LogP contribution in [-0.2, 0) is 5.41 Å². The summed E-state index contributed by atoms with van der Waals surface area (Å²) in [6, 6.07) is 11.1. The Labute approximate surface area is 114 Å². The molecule has 0 aliphatic heterocycles. The number of fused-ring (bicyclic) bond motifs is 3. The van der Waals surface area contributed by atoms with Gasteiger partial charge < -0.3 is 0 Å². The molecule has 3 aliphatic rings. The van der Waals surface area contributed by atoms with Crippen molar-refractivity contribution in [1.29, 1.82) is 5.26 Å². The Morgan fingerprint density at radius 2 is 1.79 bits per heavy atom. The number of allylic oxidation sites excluding steroid dienone is 2. The molecule has 0 unspecified atom stereocenters. The molecule has 0 aromatic heterocycles. The third-order valence-corrected chi connectivity index (χ3v) is 5.88. The van der Waals surface area contributed by atoms with E-state index in [9.17, 15) is 0 Å². The summed E-state index contributed by atoms with van der Waals surface area (Å²) in [6.07, 6.45) is 11.2. The molecule has 19 heavy (non-hydrogen) atoms. The lowest BCUT2D eigenvalue weighted by Crippen LogP contribution is -2.37. The Bertz CT molecular complexity index is 592. The molecule has 0 radical (unpaired) electrons. The van der Waals surface area contributed by atoms with Gasteiger partial charge in [-0.15, -0.1) is 0 Å². The zero-order valence-corrected chi connectivity index (χ0v) is 11.3. The van der Waals surface area contributed by atoms with E-state index in [1.54, 1.807) is 11.6 Å². The van der Waals surface area contributed by atoms with Gasteiger partial charge in [-0.3, -0.25) is 0 Å². The predicted octanol–water partition coefficient (Wildman–Crippen LogP) is 4.59. The van der Waals surface area contributed by atoms with E-state index in [0.717, 1.165) is 6.42 Å². The molecule has 4 rings (SSSR count). The van der Waals surface area contributed by atoms with Crippen molar-refractivity contribution in [2.45, 2.75) is 50.4 Å². The van der Waals surface area contributed by atoms with E-state index in [1.807, 2.05) is 0 Å². The molecule has 1 heteroatoms. The van der Waals surface area contributed by atoms with Crippen LogP contribution in [0.15, 0.2) is 30.3 Å². The molecule has 2 spiro atoms. The Hall–Kier alpha value is -1.55. The maximum Gasteiger partial charge on any atom is 0.0915 e. The molecule has 0 amide bonds. The van der Waals surface area contributed by atoms with Gasteiger partial charge in [-0.25, -0.2) is 0 Å². The van der Waals surface area contributed by atoms with Crippen molar-refractivity contribution in [3.63, 3.8) is 0 Å². The van der Waals surface area contributed by atoms with E-state index in [2.05, 4.69) is 30.3 Å². The quantitative estimate of drug-likeness (QED) is 0.617. The lowest BCUT2D eigenvalue weighted by Gasteiger charge is -2.45. The molecule has 2 saturated carbocycles. The summed E-state index contributed by atoms with van der Waals surface area (Å²) in [7, 11) is 0. The minimum Gasteiger partial charge on any atom is -0.193 e. The van der Waals surface area contributed by atoms with Crippen LogP contribution in [0.1, 0.15) is 56.1 Å². The Morgan fingerprint density at radius 3 is 2.47 bits per heavy atom. The van der Waals surface area contributed by atoms with E-state index < -0.39 is 0 Å². The second kappa shape index (κ2) is 3.73. The SMILES string of the molecule is N#CC=C1CC2(CCCC2)C2(CC2)c2ccccc21. The highest BCUT2D eigenvalue weighted by Gasteiger charge is 2.62. The van der Waals surface area contributed by atoms with Crippen LogP contribution in [0.5, 0.6) is 0 Å². The minimum absolute atomic E-state index is 0.465. The zero-order valence-electron chi connectivity index (χ0n) is 11.3. The van der Waals surface area contributed by atoms with Crippen molar-refractivity contribution in [2.75, 3.05) is 0 Å². The summed E-state index contributed by atoms with van der Waals surface area (Å²) >= 11 is 0. The highest BCUT2D eigenvalue weighted by Crippen LogP contribution is 2.71. The zero-order chi connectivity index (χ0) is 12.9. The second-order valence-electron chi connectivity index (χ2n) is 6.59. The van der Waals surface area contributed by atoms with Gasteiger partial charge in [0.15, 0.2) is 0 Å². The Kier molecular flexibility index (Phi) is 2.22. The monoisotopic (exact) mass is 249 g/mol. The third-order valence-electron chi connectivity index (χ3n) is 5.88. The van der Waals surface area contributed by atoms with Crippen LogP contribution in [0.2, 0.25) is 0 Å². The van der Waals surface area contributed by atoms with Crippen LogP contribution >= 0.6 is 0 Å². The summed E-state index contributed by atoms with van der Waals surface area (Å²) < 4.78 is 0. The first-order valence-electron chi connectivity index (χ1n) is 7.50. The highest BCUT2D eigenvalue weighted by atomic mass is 14.7. The maximum absolute atomic E-state index is 9.09. The second-order valence-corrected chi connectivity index (χ2v) is 6.59. The molecule has 0 N–H and O–H groups in total. The Balaban J connectivity index is 1.94. The fourth-order valence-electron chi connectivity index (χ4n) is 4.93. The van der Waals surface area contributed by atoms with Gasteiger partial charge in [-0.2, -0.15) is 5.26 Å². The number of rotatable bonds is 0. The Morgan fingerprint density at radius 1 is 1.05 bits per heavy atom. The van der Waals surface area contributed by atoms with E-state index in [1.165, 1.54) is 49.7 Å². The van der Waals surface area contributed by atoms with Crippen LogP contribution in [0.4, 0.5) is 0 Å². The molecule has 1 aromatic rings. The number of benzene rings is 1. The molecular weight excluding hydrogens is 230 g/mol. The first kappa shape index (κ1) is 11.3. The van der Waals surface area contributed by atoms with Crippen LogP contribution < -0.4 is 0 Å². The molecule has 0 atom stereocenters. The standard InChI is InChI=1S/C18H19N/c19-12-7-14-13-17(8-3-4-9-17)18(10-11-18)16-6-2-1-5-15(14)16/h1-2,5-7H,3-4,8-11,13H2. The van der Waals surface area contributed by atoms with Gasteiger partial charge in [0, 0.05) is 11.5 Å². The van der Waals surface area contributed by atoms with Gasteiger partial charge >= 0.3 is 0 Å². The van der Waals surface area contributed by atoms with Crippen molar-refractivity contribution in [3.8, 4) is 6.07 Å². The van der Waals surface area contributed by atoms with Gasteiger partial charge in [0.1, 0.15) is 0 Å². The van der Waals surface area contributed by atoms with Crippen molar-refractivity contribution >= 4 is 5.57 Å². The molecule has 96 valence electrons. The topological polar surface area (TPSA) is 23.8 Å².